The van der Waals surface area contributed by atoms with Gasteiger partial charge in [0.2, 0.25) is 5.91 Å². The van der Waals surface area contributed by atoms with Crippen LogP contribution in [-0.4, -0.2) is 46.8 Å². The van der Waals surface area contributed by atoms with Crippen LogP contribution in [0.15, 0.2) is 30.3 Å². The number of aromatic nitrogens is 2. The van der Waals surface area contributed by atoms with E-state index >= 15 is 0 Å². The lowest BCUT2D eigenvalue weighted by Crippen LogP contribution is -2.43. The van der Waals surface area contributed by atoms with Crippen molar-refractivity contribution >= 4 is 23.6 Å². The van der Waals surface area contributed by atoms with Crippen LogP contribution in [0, 0.1) is 13.8 Å². The molecule has 1 amide bonds. The highest BCUT2D eigenvalue weighted by molar-refractivity contribution is 6.31. The lowest BCUT2D eigenvalue weighted by atomic mass is 10.1. The summed E-state index contributed by atoms with van der Waals surface area (Å²) in [6, 6.07) is 8.10. The number of benzene rings is 1. The van der Waals surface area contributed by atoms with Crippen molar-refractivity contribution in [2.45, 2.75) is 39.3 Å². The third kappa shape index (κ3) is 4.60. The molecule has 1 aromatic heterocycles. The zero-order valence-corrected chi connectivity index (χ0v) is 17.0. The topological polar surface area (TPSA) is 50.2 Å². The minimum absolute atomic E-state index is 0.0413. The quantitative estimate of drug-likeness (QED) is 0.801. The number of carbonyl (C=O) groups is 1. The van der Waals surface area contributed by atoms with Gasteiger partial charge in [0.1, 0.15) is 0 Å². The molecule has 2 heterocycles. The first kappa shape index (κ1) is 19.6. The monoisotopic (exact) mass is 386 g/mol. The van der Waals surface area contributed by atoms with E-state index in [2.05, 4.69) is 10.4 Å². The molecule has 5 nitrogen and oxygen atoms in total. The van der Waals surface area contributed by atoms with Crippen LogP contribution in [0.5, 0.6) is 0 Å². The molecule has 0 spiro atoms. The average molecular weight is 387 g/mol. The highest BCUT2D eigenvalue weighted by Crippen LogP contribution is 2.20. The number of nitrogens with zero attached hydrogens (tertiary/aromatic N) is 3. The number of likely N-dealkylation sites (N-methyl/N-ethyl adjacent to an activating group) is 1. The molecule has 0 aliphatic carbocycles. The fraction of sp³-hybridized carbons (Fsp3) is 0.429. The van der Waals surface area contributed by atoms with E-state index in [0.29, 0.717) is 12.6 Å². The smallest absolute Gasteiger partial charge is 0.246 e. The summed E-state index contributed by atoms with van der Waals surface area (Å²) in [6.45, 7) is 6.55. The van der Waals surface area contributed by atoms with Gasteiger partial charge in [-0.2, -0.15) is 5.10 Å². The second-order valence-corrected chi connectivity index (χ2v) is 7.50. The molecule has 0 bridgehead atoms. The van der Waals surface area contributed by atoms with Crippen LogP contribution in [0.3, 0.4) is 0 Å². The number of hydrogen-bond donors (Lipinski definition) is 1. The minimum atomic E-state index is 0.0413. The van der Waals surface area contributed by atoms with Gasteiger partial charge in [0.05, 0.1) is 12.2 Å². The Balaban J connectivity index is 1.73. The third-order valence-electron chi connectivity index (χ3n) is 5.31. The van der Waals surface area contributed by atoms with Crippen LogP contribution in [0.25, 0.3) is 6.08 Å². The van der Waals surface area contributed by atoms with Gasteiger partial charge in [0, 0.05) is 35.4 Å². The van der Waals surface area contributed by atoms with Gasteiger partial charge in [-0.05, 0) is 57.5 Å². The number of nitrogens with one attached hydrogen (secondary N) is 1. The summed E-state index contributed by atoms with van der Waals surface area (Å²) in [5.41, 5.74) is 3.96. The van der Waals surface area contributed by atoms with E-state index in [1.54, 1.807) is 6.08 Å². The molecule has 2 aromatic rings. The zero-order chi connectivity index (χ0) is 19.4. The first-order valence-electron chi connectivity index (χ1n) is 9.40. The molecular formula is C21H27ClN4O. The Morgan fingerprint density at radius 2 is 2.04 bits per heavy atom. The van der Waals surface area contributed by atoms with Crippen molar-refractivity contribution in [3.63, 3.8) is 0 Å². The summed E-state index contributed by atoms with van der Waals surface area (Å²) in [7, 11) is 1.89. The molecule has 144 valence electrons. The molecule has 27 heavy (non-hydrogen) atoms. The number of rotatable bonds is 5. The molecule has 1 aromatic carbocycles. The van der Waals surface area contributed by atoms with Gasteiger partial charge in [0.15, 0.2) is 0 Å². The highest BCUT2D eigenvalue weighted by atomic mass is 35.5. The minimum Gasteiger partial charge on any atom is -0.339 e. The van der Waals surface area contributed by atoms with Gasteiger partial charge in [-0.3, -0.25) is 9.48 Å². The maximum absolute atomic E-state index is 12.6. The van der Waals surface area contributed by atoms with Crippen molar-refractivity contribution in [3.8, 4) is 0 Å². The van der Waals surface area contributed by atoms with Gasteiger partial charge in [-0.1, -0.05) is 29.8 Å². The predicted octanol–water partition coefficient (Wildman–Crippen LogP) is 3.43. The summed E-state index contributed by atoms with van der Waals surface area (Å²) >= 11 is 6.27. The summed E-state index contributed by atoms with van der Waals surface area (Å²) in [6.07, 6.45) is 5.56. The van der Waals surface area contributed by atoms with Gasteiger partial charge < -0.3 is 10.2 Å². The fourth-order valence-corrected chi connectivity index (χ4v) is 3.74. The summed E-state index contributed by atoms with van der Waals surface area (Å²) in [5, 5.41) is 8.70. The normalized spacial score (nSPS) is 15.4. The van der Waals surface area contributed by atoms with Crippen molar-refractivity contribution in [1.29, 1.82) is 0 Å². The van der Waals surface area contributed by atoms with Crippen LogP contribution < -0.4 is 5.32 Å². The van der Waals surface area contributed by atoms with Crippen molar-refractivity contribution in [1.82, 2.24) is 20.0 Å². The first-order chi connectivity index (χ1) is 13.0. The molecule has 1 saturated heterocycles. The molecule has 3 rings (SSSR count). The second-order valence-electron chi connectivity index (χ2n) is 7.10. The van der Waals surface area contributed by atoms with Crippen LogP contribution >= 0.6 is 11.6 Å². The van der Waals surface area contributed by atoms with Gasteiger partial charge in [0.25, 0.3) is 0 Å². The van der Waals surface area contributed by atoms with Gasteiger partial charge >= 0.3 is 0 Å². The number of aryl methyl sites for hydroxylation is 1. The van der Waals surface area contributed by atoms with Crippen molar-refractivity contribution in [2.75, 3.05) is 20.1 Å². The lowest BCUT2D eigenvalue weighted by Gasteiger charge is -2.30. The molecule has 1 aliphatic rings. The van der Waals surface area contributed by atoms with Gasteiger partial charge in [-0.25, -0.2) is 0 Å². The maximum Gasteiger partial charge on any atom is 0.246 e. The molecule has 0 radical (unpaired) electrons. The zero-order valence-electron chi connectivity index (χ0n) is 16.2. The number of piperidine rings is 1. The van der Waals surface area contributed by atoms with E-state index in [4.69, 9.17) is 11.6 Å². The first-order valence-corrected chi connectivity index (χ1v) is 9.78. The van der Waals surface area contributed by atoms with E-state index in [-0.39, 0.29) is 5.91 Å². The Bertz CT molecular complexity index is 837. The molecule has 0 atom stereocenters. The number of carbonyl (C=O) groups excluding carboxylic acids is 1. The van der Waals surface area contributed by atoms with Crippen LogP contribution in [0.1, 0.15) is 35.4 Å². The molecule has 0 unspecified atom stereocenters. The highest BCUT2D eigenvalue weighted by Gasteiger charge is 2.20. The van der Waals surface area contributed by atoms with Crippen LogP contribution in [-0.2, 0) is 11.3 Å². The molecule has 1 aliphatic heterocycles. The molecule has 1 fully saturated rings. The number of amides is 1. The van der Waals surface area contributed by atoms with E-state index < -0.39 is 0 Å². The summed E-state index contributed by atoms with van der Waals surface area (Å²) < 4.78 is 1.94. The molecule has 0 saturated carbocycles. The largest absolute Gasteiger partial charge is 0.339 e. The second kappa shape index (κ2) is 8.72. The van der Waals surface area contributed by atoms with Crippen LogP contribution in [0.4, 0.5) is 0 Å². The van der Waals surface area contributed by atoms with Crippen molar-refractivity contribution in [3.05, 3.63) is 57.9 Å². The molecule has 1 N–H and O–H groups in total. The number of hydrogen-bond acceptors (Lipinski definition) is 3. The standard InChI is InChI=1S/C21H27ClN4O/c1-15-19(8-9-21(27)25(3)18-10-12-23-13-11-18)16(2)26(24-15)14-17-6-4-5-7-20(17)22/h4-9,18,23H,10-14H2,1-3H3/b9-8+. The Kier molecular flexibility index (Phi) is 6.34. The van der Waals surface area contributed by atoms with Crippen LogP contribution in [0.2, 0.25) is 5.02 Å². The Morgan fingerprint density at radius 1 is 1.33 bits per heavy atom. The van der Waals surface area contributed by atoms with E-state index in [1.165, 1.54) is 0 Å². The Labute approximate surface area is 166 Å². The molecular weight excluding hydrogens is 360 g/mol. The van der Waals surface area contributed by atoms with Crippen molar-refractivity contribution in [2.24, 2.45) is 0 Å². The lowest BCUT2D eigenvalue weighted by molar-refractivity contribution is -0.127. The Morgan fingerprint density at radius 3 is 2.74 bits per heavy atom. The summed E-state index contributed by atoms with van der Waals surface area (Å²) in [5.74, 6) is 0.0413. The van der Waals surface area contributed by atoms with Crippen molar-refractivity contribution < 1.29 is 4.79 Å². The third-order valence-corrected chi connectivity index (χ3v) is 5.68. The van der Waals surface area contributed by atoms with Gasteiger partial charge in [-0.15, -0.1) is 0 Å². The fourth-order valence-electron chi connectivity index (χ4n) is 3.54. The SMILES string of the molecule is Cc1nn(Cc2ccccc2Cl)c(C)c1/C=C/C(=O)N(C)C1CCNCC1. The summed E-state index contributed by atoms with van der Waals surface area (Å²) in [4.78, 5) is 14.4. The molecule has 6 heteroatoms. The van der Waals surface area contributed by atoms with E-state index in [0.717, 1.165) is 53.5 Å². The van der Waals surface area contributed by atoms with E-state index in [1.807, 2.05) is 60.8 Å². The average Bonchev–Trinajstić information content (AvgIpc) is 2.94. The predicted molar refractivity (Wildman–Crippen MR) is 110 cm³/mol. The Hall–Kier alpha value is -2.11. The number of halogens is 1. The maximum atomic E-state index is 12.6. The van der Waals surface area contributed by atoms with E-state index in [9.17, 15) is 4.79 Å².